The predicted molar refractivity (Wildman–Crippen MR) is 105 cm³/mol. The molecule has 1 amide bonds. The number of carbonyl (C=O) groups is 1. The molecule has 0 spiro atoms. The van der Waals surface area contributed by atoms with Crippen LogP contribution in [0.2, 0.25) is 0 Å². The summed E-state index contributed by atoms with van der Waals surface area (Å²) >= 11 is 0. The van der Waals surface area contributed by atoms with E-state index >= 15 is 0 Å². The minimum absolute atomic E-state index is 0.0400. The van der Waals surface area contributed by atoms with Gasteiger partial charge in [0.2, 0.25) is 0 Å². The van der Waals surface area contributed by atoms with Crippen LogP contribution in [0.25, 0.3) is 6.08 Å². The van der Waals surface area contributed by atoms with Crippen molar-refractivity contribution in [3.05, 3.63) is 77.4 Å². The van der Waals surface area contributed by atoms with E-state index in [1.54, 1.807) is 32.4 Å². The van der Waals surface area contributed by atoms with E-state index in [1.807, 2.05) is 42.5 Å². The third-order valence-electron chi connectivity index (χ3n) is 3.96. The fourth-order valence-corrected chi connectivity index (χ4v) is 2.54. The van der Waals surface area contributed by atoms with E-state index in [9.17, 15) is 10.1 Å². The number of nitrogens with zero attached hydrogens (tertiary/aromatic N) is 1. The molecule has 0 aliphatic heterocycles. The third-order valence-corrected chi connectivity index (χ3v) is 3.96. The fourth-order valence-electron chi connectivity index (χ4n) is 2.54. The molecular weight excluding hydrogens is 340 g/mol. The molecule has 0 fully saturated rings. The van der Waals surface area contributed by atoms with Crippen LogP contribution in [-0.2, 0) is 17.8 Å². The lowest BCUT2D eigenvalue weighted by atomic mass is 10.0. The lowest BCUT2D eigenvalue weighted by Gasteiger charge is -2.08. The third kappa shape index (κ3) is 5.48. The molecule has 0 unspecified atom stereocenters. The number of amides is 1. The Morgan fingerprint density at radius 1 is 1.19 bits per heavy atom. The lowest BCUT2D eigenvalue weighted by molar-refractivity contribution is -0.117. The van der Waals surface area contributed by atoms with Crippen LogP contribution < -0.4 is 14.8 Å². The molecule has 1 N–H and O–H groups in total. The number of benzene rings is 2. The van der Waals surface area contributed by atoms with E-state index in [2.05, 4.69) is 11.9 Å². The maximum Gasteiger partial charge on any atom is 0.262 e. The normalized spacial score (nSPS) is 10.6. The zero-order valence-corrected chi connectivity index (χ0v) is 15.5. The van der Waals surface area contributed by atoms with Crippen LogP contribution >= 0.6 is 0 Å². The number of nitrogens with one attached hydrogen (secondary N) is 1. The summed E-state index contributed by atoms with van der Waals surface area (Å²) in [4.78, 5) is 12.3. The minimum Gasteiger partial charge on any atom is -0.497 e. The van der Waals surface area contributed by atoms with Gasteiger partial charge in [-0.25, -0.2) is 0 Å². The van der Waals surface area contributed by atoms with E-state index in [0.717, 1.165) is 28.2 Å². The van der Waals surface area contributed by atoms with Crippen LogP contribution in [0.5, 0.6) is 11.5 Å². The lowest BCUT2D eigenvalue weighted by Crippen LogP contribution is -2.23. The molecule has 0 aliphatic carbocycles. The molecule has 0 atom stereocenters. The number of ether oxygens (including phenoxy) is 2. The largest absolute Gasteiger partial charge is 0.497 e. The van der Waals surface area contributed by atoms with Crippen LogP contribution in [0.4, 0.5) is 0 Å². The Morgan fingerprint density at radius 2 is 1.93 bits per heavy atom. The first kappa shape index (κ1) is 19.8. The molecule has 0 saturated heterocycles. The average Bonchev–Trinajstić information content (AvgIpc) is 2.71. The summed E-state index contributed by atoms with van der Waals surface area (Å²) in [5, 5.41) is 12.1. The quantitative estimate of drug-likeness (QED) is 0.442. The number of hydrogen-bond acceptors (Lipinski definition) is 4. The van der Waals surface area contributed by atoms with Crippen molar-refractivity contribution in [2.45, 2.75) is 13.0 Å². The molecule has 0 aromatic heterocycles. The van der Waals surface area contributed by atoms with Crippen LogP contribution in [0.3, 0.4) is 0 Å². The van der Waals surface area contributed by atoms with Gasteiger partial charge in [0.05, 0.1) is 14.2 Å². The van der Waals surface area contributed by atoms with Crippen molar-refractivity contribution in [1.29, 1.82) is 5.26 Å². The Bertz CT molecular complexity index is 877. The topological polar surface area (TPSA) is 71.4 Å². The zero-order valence-electron chi connectivity index (χ0n) is 15.5. The molecule has 27 heavy (non-hydrogen) atoms. The van der Waals surface area contributed by atoms with Gasteiger partial charge in [-0.3, -0.25) is 4.79 Å². The number of carbonyl (C=O) groups excluding carboxylic acids is 1. The first-order chi connectivity index (χ1) is 13.1. The second-order valence-electron chi connectivity index (χ2n) is 5.76. The molecule has 138 valence electrons. The van der Waals surface area contributed by atoms with Gasteiger partial charge in [-0.15, -0.1) is 6.58 Å². The highest BCUT2D eigenvalue weighted by Crippen LogP contribution is 2.22. The van der Waals surface area contributed by atoms with Gasteiger partial charge >= 0.3 is 0 Å². The van der Waals surface area contributed by atoms with Crippen molar-refractivity contribution in [3.63, 3.8) is 0 Å². The molecule has 0 radical (unpaired) electrons. The molecular formula is C22H22N2O3. The van der Waals surface area contributed by atoms with Gasteiger partial charge in [-0.2, -0.15) is 5.26 Å². The Labute approximate surface area is 159 Å². The Kier molecular flexibility index (Phi) is 7.21. The molecule has 5 heteroatoms. The molecule has 0 bridgehead atoms. The SMILES string of the molecule is C=CCc1cc(/C=C(/C#N)C(=O)NCc2ccc(OC)cc2)ccc1OC. The Balaban J connectivity index is 2.12. The van der Waals surface area contributed by atoms with E-state index in [4.69, 9.17) is 9.47 Å². The van der Waals surface area contributed by atoms with E-state index in [0.29, 0.717) is 13.0 Å². The van der Waals surface area contributed by atoms with Gasteiger partial charge in [-0.05, 0) is 53.5 Å². The van der Waals surface area contributed by atoms with Crippen LogP contribution in [0.1, 0.15) is 16.7 Å². The highest BCUT2D eigenvalue weighted by molar-refractivity contribution is 6.01. The van der Waals surface area contributed by atoms with Crippen molar-refractivity contribution < 1.29 is 14.3 Å². The van der Waals surface area contributed by atoms with Crippen molar-refractivity contribution in [2.24, 2.45) is 0 Å². The molecule has 5 nitrogen and oxygen atoms in total. The Hall–Kier alpha value is -3.52. The monoisotopic (exact) mass is 362 g/mol. The second-order valence-corrected chi connectivity index (χ2v) is 5.76. The van der Waals surface area contributed by atoms with Crippen molar-refractivity contribution in [2.75, 3.05) is 14.2 Å². The molecule has 2 aromatic carbocycles. The fraction of sp³-hybridized carbons (Fsp3) is 0.182. The second kappa shape index (κ2) is 9.83. The molecule has 2 aromatic rings. The summed E-state index contributed by atoms with van der Waals surface area (Å²) in [7, 11) is 3.20. The summed E-state index contributed by atoms with van der Waals surface area (Å²) in [5.74, 6) is 1.07. The smallest absolute Gasteiger partial charge is 0.262 e. The number of methoxy groups -OCH3 is 2. The van der Waals surface area contributed by atoms with Gasteiger partial charge in [0.1, 0.15) is 23.1 Å². The van der Waals surface area contributed by atoms with Crippen molar-refractivity contribution >= 4 is 12.0 Å². The predicted octanol–water partition coefficient (Wildman–Crippen LogP) is 3.66. The Morgan fingerprint density at radius 3 is 2.52 bits per heavy atom. The van der Waals surface area contributed by atoms with Crippen molar-refractivity contribution in [1.82, 2.24) is 5.32 Å². The van der Waals surface area contributed by atoms with Gasteiger partial charge in [-0.1, -0.05) is 24.3 Å². The summed E-state index contributed by atoms with van der Waals surface area (Å²) in [6.07, 6.45) is 3.98. The zero-order chi connectivity index (χ0) is 19.6. The summed E-state index contributed by atoms with van der Waals surface area (Å²) in [6.45, 7) is 4.06. The van der Waals surface area contributed by atoms with Crippen LogP contribution in [0, 0.1) is 11.3 Å². The van der Waals surface area contributed by atoms with E-state index < -0.39 is 5.91 Å². The van der Waals surface area contributed by atoms with Crippen LogP contribution in [0.15, 0.2) is 60.7 Å². The first-order valence-corrected chi connectivity index (χ1v) is 8.42. The molecule has 0 saturated carbocycles. The van der Waals surface area contributed by atoms with Gasteiger partial charge in [0.15, 0.2) is 0 Å². The molecule has 2 rings (SSSR count). The first-order valence-electron chi connectivity index (χ1n) is 8.42. The highest BCUT2D eigenvalue weighted by Gasteiger charge is 2.10. The van der Waals surface area contributed by atoms with Gasteiger partial charge < -0.3 is 14.8 Å². The number of allylic oxidation sites excluding steroid dienone is 1. The molecule has 0 aliphatic rings. The highest BCUT2D eigenvalue weighted by atomic mass is 16.5. The summed E-state index contributed by atoms with van der Waals surface area (Å²) < 4.78 is 10.4. The standard InChI is InChI=1S/C22H22N2O3/c1-4-5-18-12-17(8-11-21(18)27-3)13-19(14-23)22(25)24-15-16-6-9-20(26-2)10-7-16/h4,6-13H,1,5,15H2,2-3H3,(H,24,25)/b19-13-. The maximum atomic E-state index is 12.3. The molecule has 0 heterocycles. The summed E-state index contributed by atoms with van der Waals surface area (Å²) in [5.41, 5.74) is 2.65. The summed E-state index contributed by atoms with van der Waals surface area (Å²) in [6, 6.07) is 14.8. The van der Waals surface area contributed by atoms with Gasteiger partial charge in [0, 0.05) is 6.54 Å². The van der Waals surface area contributed by atoms with E-state index in [1.165, 1.54) is 0 Å². The number of hydrogen-bond donors (Lipinski definition) is 1. The van der Waals surface area contributed by atoms with Crippen molar-refractivity contribution in [3.8, 4) is 17.6 Å². The van der Waals surface area contributed by atoms with Gasteiger partial charge in [0.25, 0.3) is 5.91 Å². The maximum absolute atomic E-state index is 12.3. The van der Waals surface area contributed by atoms with E-state index in [-0.39, 0.29) is 5.57 Å². The number of nitriles is 1. The average molecular weight is 362 g/mol. The minimum atomic E-state index is -0.422. The van der Waals surface area contributed by atoms with Crippen LogP contribution in [-0.4, -0.2) is 20.1 Å². The number of rotatable bonds is 8.